The number of aryl methyl sites for hydroxylation is 2. The van der Waals surface area contributed by atoms with Gasteiger partial charge in [-0.2, -0.15) is 0 Å². The number of methoxy groups -OCH3 is 1. The van der Waals surface area contributed by atoms with Crippen LogP contribution in [0.2, 0.25) is 0 Å². The second-order valence-electron chi connectivity index (χ2n) is 14.2. The van der Waals surface area contributed by atoms with Gasteiger partial charge in [0.2, 0.25) is 0 Å². The van der Waals surface area contributed by atoms with E-state index >= 15 is 0 Å². The molecule has 8 nitrogen and oxygen atoms in total. The highest BCUT2D eigenvalue weighted by molar-refractivity contribution is 9.10. The Hall–Kier alpha value is -5.67. The fourth-order valence-corrected chi connectivity index (χ4v) is 8.61. The second kappa shape index (κ2) is 14.6. The molecule has 2 atom stereocenters. The van der Waals surface area contributed by atoms with Crippen molar-refractivity contribution in [2.45, 2.75) is 45.1 Å². The predicted octanol–water partition coefficient (Wildman–Crippen LogP) is 9.20. The first-order chi connectivity index (χ1) is 26.2. The van der Waals surface area contributed by atoms with Crippen LogP contribution in [0.3, 0.4) is 0 Å². The molecule has 5 aromatic rings. The molecule has 0 aliphatic carbocycles. The Balaban J connectivity index is 1.18. The molecule has 0 spiro atoms. The van der Waals surface area contributed by atoms with E-state index in [4.69, 9.17) is 9.47 Å². The Morgan fingerprint density at radius 1 is 0.796 bits per heavy atom. The smallest absolute Gasteiger partial charge is 0.335 e. The van der Waals surface area contributed by atoms with Gasteiger partial charge in [0.25, 0.3) is 11.8 Å². The van der Waals surface area contributed by atoms with Gasteiger partial charge in [-0.1, -0.05) is 78.9 Å². The summed E-state index contributed by atoms with van der Waals surface area (Å²) in [7, 11) is 1.54. The minimum absolute atomic E-state index is 0.0749. The maximum Gasteiger partial charge on any atom is 0.335 e. The molecule has 0 unspecified atom stereocenters. The van der Waals surface area contributed by atoms with Crippen molar-refractivity contribution < 1.29 is 23.9 Å². The number of barbiturate groups is 1. The molecule has 1 saturated heterocycles. The van der Waals surface area contributed by atoms with Crippen molar-refractivity contribution in [2.24, 2.45) is 0 Å². The predicted molar refractivity (Wildman–Crippen MR) is 214 cm³/mol. The summed E-state index contributed by atoms with van der Waals surface area (Å²) in [5.74, 6) is -0.393. The zero-order valence-electron chi connectivity index (χ0n) is 30.4. The molecule has 9 heteroatoms. The lowest BCUT2D eigenvalue weighted by atomic mass is 9.76. The molecule has 0 aromatic heterocycles. The van der Waals surface area contributed by atoms with Gasteiger partial charge in [0, 0.05) is 30.6 Å². The van der Waals surface area contributed by atoms with Gasteiger partial charge in [0.1, 0.15) is 12.2 Å². The standard InChI is InChI=1S/C45H40BrN3O5/c1-27-14-15-29(20-28(27)2)26-54-42-39(46)22-30(23-40(42)53-3)21-38-43(50)47-45(52)49(44(38)51)33-24-36-34(31-10-6-4-7-11-31)16-18-48-19-17-35(37(25-33)41(36)48)32-12-8-5-9-13-32/h4-15,20-25,34-35H,16-19,26H2,1-3H3,(H,47,50,52)/b38-21+/t34-,35+. The van der Waals surface area contributed by atoms with Gasteiger partial charge in [-0.3, -0.25) is 14.9 Å². The average molecular weight is 783 g/mol. The Labute approximate surface area is 323 Å². The third-order valence-corrected chi connectivity index (χ3v) is 11.5. The highest BCUT2D eigenvalue weighted by atomic mass is 79.9. The van der Waals surface area contributed by atoms with Gasteiger partial charge < -0.3 is 14.4 Å². The summed E-state index contributed by atoms with van der Waals surface area (Å²) in [5, 5.41) is 2.44. The summed E-state index contributed by atoms with van der Waals surface area (Å²) in [6, 6.07) is 33.6. The van der Waals surface area contributed by atoms with Gasteiger partial charge >= 0.3 is 6.03 Å². The zero-order chi connectivity index (χ0) is 37.5. The van der Waals surface area contributed by atoms with Crippen molar-refractivity contribution in [3.05, 3.63) is 158 Å². The van der Waals surface area contributed by atoms with E-state index in [-0.39, 0.29) is 17.4 Å². The topological polar surface area (TPSA) is 88.2 Å². The molecule has 3 heterocycles. The molecular weight excluding hydrogens is 742 g/mol. The van der Waals surface area contributed by atoms with Crippen LogP contribution in [-0.4, -0.2) is 38.0 Å². The first-order valence-corrected chi connectivity index (χ1v) is 19.0. The molecule has 0 bridgehead atoms. The number of rotatable bonds is 8. The lowest BCUT2D eigenvalue weighted by molar-refractivity contribution is -0.122. The van der Waals surface area contributed by atoms with E-state index in [2.05, 4.69) is 76.4 Å². The molecule has 272 valence electrons. The van der Waals surface area contributed by atoms with Crippen LogP contribution in [0.4, 0.5) is 16.2 Å². The number of carbonyl (C=O) groups is 3. The Morgan fingerprint density at radius 2 is 1.43 bits per heavy atom. The summed E-state index contributed by atoms with van der Waals surface area (Å²) in [6.07, 6.45) is 3.29. The van der Waals surface area contributed by atoms with E-state index in [9.17, 15) is 14.4 Å². The summed E-state index contributed by atoms with van der Waals surface area (Å²) in [4.78, 5) is 45.0. The van der Waals surface area contributed by atoms with Crippen molar-refractivity contribution in [3.8, 4) is 11.5 Å². The maximum absolute atomic E-state index is 14.4. The summed E-state index contributed by atoms with van der Waals surface area (Å²) in [5.41, 5.74) is 9.89. The average Bonchev–Trinajstić information content (AvgIpc) is 3.18. The highest BCUT2D eigenvalue weighted by Crippen LogP contribution is 2.50. The van der Waals surface area contributed by atoms with Gasteiger partial charge in [-0.05, 0) is 117 Å². The molecule has 0 saturated carbocycles. The first kappa shape index (κ1) is 35.4. The van der Waals surface area contributed by atoms with E-state index < -0.39 is 17.8 Å². The molecule has 4 amide bonds. The Morgan fingerprint density at radius 3 is 2.02 bits per heavy atom. The molecule has 0 radical (unpaired) electrons. The summed E-state index contributed by atoms with van der Waals surface area (Å²) < 4.78 is 12.5. The number of halogens is 1. The normalized spacial score (nSPS) is 18.7. The molecule has 8 rings (SSSR count). The maximum atomic E-state index is 14.4. The molecule has 5 aromatic carbocycles. The number of anilines is 2. The van der Waals surface area contributed by atoms with Crippen LogP contribution in [0, 0.1) is 13.8 Å². The Kier molecular flexibility index (Phi) is 9.58. The van der Waals surface area contributed by atoms with Gasteiger partial charge in [-0.25, -0.2) is 9.69 Å². The van der Waals surface area contributed by atoms with Crippen LogP contribution in [0.5, 0.6) is 11.5 Å². The summed E-state index contributed by atoms with van der Waals surface area (Å²) in [6.45, 7) is 6.29. The van der Waals surface area contributed by atoms with Gasteiger partial charge in [0.15, 0.2) is 11.5 Å². The van der Waals surface area contributed by atoms with E-state index in [1.165, 1.54) is 41.1 Å². The van der Waals surface area contributed by atoms with E-state index in [1.54, 1.807) is 12.1 Å². The van der Waals surface area contributed by atoms with Crippen LogP contribution in [-0.2, 0) is 16.2 Å². The number of imide groups is 2. The molecule has 54 heavy (non-hydrogen) atoms. The summed E-state index contributed by atoms with van der Waals surface area (Å²) >= 11 is 3.61. The van der Waals surface area contributed by atoms with Crippen molar-refractivity contribution in [2.75, 3.05) is 30.0 Å². The number of hydrogen-bond acceptors (Lipinski definition) is 6. The lowest BCUT2D eigenvalue weighted by Crippen LogP contribution is -2.54. The van der Waals surface area contributed by atoms with E-state index in [0.29, 0.717) is 33.8 Å². The number of carbonyl (C=O) groups excluding carboxylic acids is 3. The van der Waals surface area contributed by atoms with Crippen molar-refractivity contribution >= 4 is 51.2 Å². The van der Waals surface area contributed by atoms with Crippen LogP contribution in [0.1, 0.15) is 69.2 Å². The molecular formula is C45H40BrN3O5. The minimum atomic E-state index is -0.779. The molecule has 3 aliphatic heterocycles. The van der Waals surface area contributed by atoms with Crippen molar-refractivity contribution in [3.63, 3.8) is 0 Å². The van der Waals surface area contributed by atoms with Crippen molar-refractivity contribution in [1.82, 2.24) is 5.32 Å². The Bertz CT molecular complexity index is 2250. The van der Waals surface area contributed by atoms with E-state index in [0.717, 1.165) is 47.5 Å². The number of nitrogens with zero attached hydrogens (tertiary/aromatic N) is 2. The molecule has 3 aliphatic rings. The fraction of sp³-hybridized carbons (Fsp3) is 0.222. The lowest BCUT2D eigenvalue weighted by Gasteiger charge is -2.44. The van der Waals surface area contributed by atoms with Crippen LogP contribution < -0.4 is 24.6 Å². The number of nitrogens with one attached hydrogen (secondary N) is 1. The van der Waals surface area contributed by atoms with Crippen molar-refractivity contribution in [1.29, 1.82) is 0 Å². The number of urea groups is 1. The van der Waals surface area contributed by atoms with Crippen LogP contribution in [0.25, 0.3) is 6.08 Å². The SMILES string of the molecule is COc1cc(/C=C2\C(=O)NC(=O)N(c3cc4c5c(c3)[C@H](c3ccccc3)CCN5CC[C@@H]4c3ccccc3)C2=O)cc(Br)c1OCc1ccc(C)c(C)c1. The number of amides is 4. The molecule has 1 fully saturated rings. The van der Waals surface area contributed by atoms with Gasteiger partial charge in [0.05, 0.1) is 17.3 Å². The number of ether oxygens (including phenoxy) is 2. The monoisotopic (exact) mass is 781 g/mol. The largest absolute Gasteiger partial charge is 0.493 e. The first-order valence-electron chi connectivity index (χ1n) is 18.2. The third-order valence-electron chi connectivity index (χ3n) is 10.9. The number of hydrogen-bond donors (Lipinski definition) is 1. The highest BCUT2D eigenvalue weighted by Gasteiger charge is 2.40. The quantitative estimate of drug-likeness (QED) is 0.125. The fourth-order valence-electron chi connectivity index (χ4n) is 8.04. The zero-order valence-corrected chi connectivity index (χ0v) is 32.0. The molecule has 1 N–H and O–H groups in total. The van der Waals surface area contributed by atoms with Gasteiger partial charge in [-0.15, -0.1) is 0 Å². The second-order valence-corrected chi connectivity index (χ2v) is 15.0. The van der Waals surface area contributed by atoms with E-state index in [1.807, 2.05) is 54.6 Å². The van der Waals surface area contributed by atoms with Crippen LogP contribution in [0.15, 0.2) is 113 Å². The minimum Gasteiger partial charge on any atom is -0.493 e. The number of benzene rings is 5. The third kappa shape index (κ3) is 6.57. The van der Waals surface area contributed by atoms with Crippen LogP contribution >= 0.6 is 15.9 Å².